The average Bonchev–Trinajstić information content (AvgIpc) is 2.24. The van der Waals surface area contributed by atoms with E-state index in [0.717, 1.165) is 13.1 Å². The summed E-state index contributed by atoms with van der Waals surface area (Å²) < 4.78 is 1.26. The fraction of sp³-hybridized carbons (Fsp3) is 0.538. The first-order valence-electron chi connectivity index (χ1n) is 6.05. The maximum atomic E-state index is 3.65. The number of benzene rings is 1. The molecule has 0 aliphatic carbocycles. The van der Waals surface area contributed by atoms with Crippen molar-refractivity contribution >= 4 is 15.9 Å². The molecule has 1 unspecified atom stereocenters. The van der Waals surface area contributed by atoms with Crippen LogP contribution < -0.4 is 5.32 Å². The largest absolute Gasteiger partial charge is 0.312 e. The van der Waals surface area contributed by atoms with Crippen LogP contribution >= 0.6 is 15.9 Å². The molecular formula is C13H17BrN2. The van der Waals surface area contributed by atoms with Gasteiger partial charge in [0.15, 0.2) is 0 Å². The lowest BCUT2D eigenvalue weighted by Crippen LogP contribution is -2.43. The van der Waals surface area contributed by atoms with Crippen LogP contribution in [0.15, 0.2) is 22.7 Å². The van der Waals surface area contributed by atoms with Gasteiger partial charge in [0.2, 0.25) is 0 Å². The molecule has 2 nitrogen and oxygen atoms in total. The van der Waals surface area contributed by atoms with Crippen molar-refractivity contribution in [2.45, 2.75) is 18.9 Å². The molecule has 1 aromatic carbocycles. The predicted octanol–water partition coefficient (Wildman–Crippen LogP) is 2.34. The smallest absolute Gasteiger partial charge is 0.0223 e. The molecule has 2 aliphatic heterocycles. The topological polar surface area (TPSA) is 15.3 Å². The second kappa shape index (κ2) is 4.47. The Kier molecular flexibility index (Phi) is 3.01. The minimum absolute atomic E-state index is 0.668. The molecule has 3 rings (SSSR count). The molecule has 86 valence electrons. The maximum Gasteiger partial charge on any atom is 0.0223 e. The van der Waals surface area contributed by atoms with Crippen LogP contribution in [-0.4, -0.2) is 31.1 Å². The van der Waals surface area contributed by atoms with Gasteiger partial charge in [-0.2, -0.15) is 0 Å². The number of likely N-dealkylation sites (tertiary alicyclic amines) is 1. The lowest BCUT2D eigenvalue weighted by molar-refractivity contribution is 0.167. The standard InChI is InChI=1S/C13H17BrN2/c14-13-4-1-3-11-10(7-15-8-12(11)13)9-16-5-2-6-16/h1,3-4,10,15H,2,5-9H2. The third-order valence-corrected chi connectivity index (χ3v) is 4.46. The molecule has 0 saturated carbocycles. The highest BCUT2D eigenvalue weighted by atomic mass is 79.9. The first kappa shape index (κ1) is 10.8. The zero-order chi connectivity index (χ0) is 11.0. The van der Waals surface area contributed by atoms with Crippen molar-refractivity contribution in [1.82, 2.24) is 10.2 Å². The van der Waals surface area contributed by atoms with Gasteiger partial charge in [-0.15, -0.1) is 0 Å². The minimum atomic E-state index is 0.668. The van der Waals surface area contributed by atoms with Crippen molar-refractivity contribution in [2.24, 2.45) is 0 Å². The van der Waals surface area contributed by atoms with Crippen molar-refractivity contribution in [3.05, 3.63) is 33.8 Å². The maximum absolute atomic E-state index is 3.65. The van der Waals surface area contributed by atoms with Gasteiger partial charge in [-0.1, -0.05) is 28.1 Å². The van der Waals surface area contributed by atoms with Gasteiger partial charge in [0.05, 0.1) is 0 Å². The molecule has 1 aromatic rings. The molecule has 3 heteroatoms. The van der Waals surface area contributed by atoms with Gasteiger partial charge in [0.25, 0.3) is 0 Å². The van der Waals surface area contributed by atoms with Crippen LogP contribution in [-0.2, 0) is 6.54 Å². The summed E-state index contributed by atoms with van der Waals surface area (Å²) in [7, 11) is 0. The van der Waals surface area contributed by atoms with Crippen LogP contribution in [0.2, 0.25) is 0 Å². The monoisotopic (exact) mass is 280 g/mol. The zero-order valence-electron chi connectivity index (χ0n) is 9.38. The average molecular weight is 281 g/mol. The van der Waals surface area contributed by atoms with Gasteiger partial charge >= 0.3 is 0 Å². The summed E-state index contributed by atoms with van der Waals surface area (Å²) >= 11 is 3.65. The van der Waals surface area contributed by atoms with Crippen LogP contribution in [0.25, 0.3) is 0 Å². The van der Waals surface area contributed by atoms with E-state index in [-0.39, 0.29) is 0 Å². The van der Waals surface area contributed by atoms with Gasteiger partial charge in [0.1, 0.15) is 0 Å². The third-order valence-electron chi connectivity index (χ3n) is 3.71. The fourth-order valence-corrected chi connectivity index (χ4v) is 3.19. The second-order valence-corrected chi connectivity index (χ2v) is 5.64. The van der Waals surface area contributed by atoms with Crippen LogP contribution in [0.5, 0.6) is 0 Å². The Morgan fingerprint density at radius 3 is 3.00 bits per heavy atom. The van der Waals surface area contributed by atoms with Crippen LogP contribution in [0.3, 0.4) is 0 Å². The minimum Gasteiger partial charge on any atom is -0.312 e. The SMILES string of the molecule is Brc1cccc2c1CNCC2CN1CCC1. The lowest BCUT2D eigenvalue weighted by atomic mass is 9.90. The first-order chi connectivity index (χ1) is 7.84. The molecule has 0 spiro atoms. The molecule has 1 atom stereocenters. The van der Waals surface area contributed by atoms with E-state index in [2.05, 4.69) is 44.3 Å². The van der Waals surface area contributed by atoms with E-state index in [4.69, 9.17) is 0 Å². The van der Waals surface area contributed by atoms with Crippen LogP contribution in [0.1, 0.15) is 23.5 Å². The quantitative estimate of drug-likeness (QED) is 0.895. The van der Waals surface area contributed by atoms with Crippen molar-refractivity contribution in [3.63, 3.8) is 0 Å². The molecule has 0 aromatic heterocycles. The Balaban J connectivity index is 1.84. The van der Waals surface area contributed by atoms with E-state index in [1.165, 1.54) is 36.1 Å². The summed E-state index contributed by atoms with van der Waals surface area (Å²) in [6.07, 6.45) is 1.38. The van der Waals surface area contributed by atoms with Crippen molar-refractivity contribution < 1.29 is 0 Å². The molecule has 16 heavy (non-hydrogen) atoms. The predicted molar refractivity (Wildman–Crippen MR) is 69.6 cm³/mol. The first-order valence-corrected chi connectivity index (χ1v) is 6.84. The van der Waals surface area contributed by atoms with E-state index in [1.54, 1.807) is 5.56 Å². The van der Waals surface area contributed by atoms with Gasteiger partial charge in [-0.05, 0) is 36.7 Å². The molecule has 1 N–H and O–H groups in total. The van der Waals surface area contributed by atoms with Crippen LogP contribution in [0, 0.1) is 0 Å². The highest BCUT2D eigenvalue weighted by Gasteiger charge is 2.25. The number of nitrogens with zero attached hydrogens (tertiary/aromatic N) is 1. The highest BCUT2D eigenvalue weighted by Crippen LogP contribution is 2.30. The molecule has 2 aliphatic rings. The molecule has 1 saturated heterocycles. The van der Waals surface area contributed by atoms with Gasteiger partial charge < -0.3 is 10.2 Å². The Morgan fingerprint density at radius 1 is 1.38 bits per heavy atom. The fourth-order valence-electron chi connectivity index (χ4n) is 2.66. The number of hydrogen-bond donors (Lipinski definition) is 1. The highest BCUT2D eigenvalue weighted by molar-refractivity contribution is 9.10. The Morgan fingerprint density at radius 2 is 2.25 bits per heavy atom. The summed E-state index contributed by atoms with van der Waals surface area (Å²) in [6.45, 7) is 5.93. The lowest BCUT2D eigenvalue weighted by Gasteiger charge is -2.36. The Bertz CT molecular complexity index is 388. The van der Waals surface area contributed by atoms with E-state index < -0.39 is 0 Å². The second-order valence-electron chi connectivity index (χ2n) is 4.79. The number of hydrogen-bond acceptors (Lipinski definition) is 2. The van der Waals surface area contributed by atoms with E-state index in [0.29, 0.717) is 5.92 Å². The third kappa shape index (κ3) is 1.92. The normalized spacial score (nSPS) is 24.9. The van der Waals surface area contributed by atoms with Crippen molar-refractivity contribution in [2.75, 3.05) is 26.2 Å². The number of rotatable bonds is 2. The molecule has 1 fully saturated rings. The summed E-state index contributed by atoms with van der Waals surface area (Å²) in [5.41, 5.74) is 3.00. The van der Waals surface area contributed by atoms with E-state index in [1.807, 2.05) is 0 Å². The summed E-state index contributed by atoms with van der Waals surface area (Å²) in [5.74, 6) is 0.668. The molecule has 0 radical (unpaired) electrons. The summed E-state index contributed by atoms with van der Waals surface area (Å²) in [6, 6.07) is 6.61. The Hall–Kier alpha value is -0.380. The van der Waals surface area contributed by atoms with Gasteiger partial charge in [-0.3, -0.25) is 0 Å². The molecular weight excluding hydrogens is 264 g/mol. The number of nitrogens with one attached hydrogen (secondary N) is 1. The molecule has 0 bridgehead atoms. The zero-order valence-corrected chi connectivity index (χ0v) is 11.0. The summed E-state index contributed by atoms with van der Waals surface area (Å²) in [5, 5.41) is 3.53. The Labute approximate surface area is 105 Å². The molecule has 2 heterocycles. The van der Waals surface area contributed by atoms with Crippen molar-refractivity contribution in [3.8, 4) is 0 Å². The van der Waals surface area contributed by atoms with E-state index in [9.17, 15) is 0 Å². The van der Waals surface area contributed by atoms with E-state index >= 15 is 0 Å². The number of halogens is 1. The van der Waals surface area contributed by atoms with Gasteiger partial charge in [-0.25, -0.2) is 0 Å². The van der Waals surface area contributed by atoms with Crippen LogP contribution in [0.4, 0.5) is 0 Å². The number of fused-ring (bicyclic) bond motifs is 1. The van der Waals surface area contributed by atoms with Gasteiger partial charge in [0, 0.05) is 30.0 Å². The molecule has 0 amide bonds. The van der Waals surface area contributed by atoms with Crippen molar-refractivity contribution in [1.29, 1.82) is 0 Å². The summed E-state index contributed by atoms with van der Waals surface area (Å²) in [4.78, 5) is 2.56.